The van der Waals surface area contributed by atoms with Crippen LogP contribution in [0.25, 0.3) is 0 Å². The Hall–Kier alpha value is -2.93. The van der Waals surface area contributed by atoms with Crippen LogP contribution in [0.5, 0.6) is 0 Å². The van der Waals surface area contributed by atoms with E-state index in [1.165, 1.54) is 18.9 Å². The summed E-state index contributed by atoms with van der Waals surface area (Å²) >= 11 is 0. The van der Waals surface area contributed by atoms with Crippen LogP contribution in [0.2, 0.25) is 0 Å². The minimum Gasteiger partial charge on any atom is -0.395 e. The molecule has 41 heavy (non-hydrogen) atoms. The fourth-order valence-corrected chi connectivity index (χ4v) is 7.37. The monoisotopic (exact) mass is 584 g/mol. The molecule has 222 valence electrons. The highest BCUT2D eigenvalue weighted by molar-refractivity contribution is 7.89. The first-order valence-electron chi connectivity index (χ1n) is 14.6. The maximum absolute atomic E-state index is 13.8. The van der Waals surface area contributed by atoms with Crippen LogP contribution < -0.4 is 24.7 Å². The summed E-state index contributed by atoms with van der Waals surface area (Å²) in [5, 5.41) is 12.2. The second kappa shape index (κ2) is 11.0. The van der Waals surface area contributed by atoms with Gasteiger partial charge in [0.05, 0.1) is 41.3 Å². The van der Waals surface area contributed by atoms with Gasteiger partial charge in [-0.15, -0.1) is 0 Å². The summed E-state index contributed by atoms with van der Waals surface area (Å²) in [6.07, 6.45) is 5.55. The lowest BCUT2D eigenvalue weighted by atomic mass is 9.93. The molecule has 1 amide bonds. The van der Waals surface area contributed by atoms with Crippen molar-refractivity contribution in [2.45, 2.75) is 50.0 Å². The minimum atomic E-state index is -3.81. The van der Waals surface area contributed by atoms with Crippen LogP contribution in [0, 0.1) is 5.41 Å². The van der Waals surface area contributed by atoms with E-state index in [0.717, 1.165) is 56.0 Å². The summed E-state index contributed by atoms with van der Waals surface area (Å²) in [5.41, 5.74) is 4.21. The van der Waals surface area contributed by atoms with Gasteiger partial charge in [0, 0.05) is 46.3 Å². The minimum absolute atomic E-state index is 0.0637. The number of rotatable bonds is 8. The number of carbonyl (C=O) groups is 1. The van der Waals surface area contributed by atoms with Crippen LogP contribution in [0.3, 0.4) is 0 Å². The molecule has 6 rings (SSSR count). The predicted molar refractivity (Wildman–Crippen MR) is 159 cm³/mol. The molecule has 0 bridgehead atoms. The topological polar surface area (TPSA) is 127 Å². The number of hydrogen-bond acceptors (Lipinski definition) is 9. The Morgan fingerprint density at radius 3 is 2.61 bits per heavy atom. The number of likely N-dealkylation sites (N-methyl/N-ethyl adjacent to an activating group) is 1. The lowest BCUT2D eigenvalue weighted by Gasteiger charge is -2.35. The van der Waals surface area contributed by atoms with Crippen LogP contribution in [0.15, 0.2) is 29.2 Å². The SMILES string of the molecule is C[C@@H]1CN(c2nc(C(=O)Nc3ccc(S(=O)(=O)NCCO)cc3N3CCC4(CC3)CC4)cc3c2N(C)CC3)CCO1. The van der Waals surface area contributed by atoms with E-state index < -0.39 is 10.0 Å². The van der Waals surface area contributed by atoms with Crippen molar-refractivity contribution in [1.29, 1.82) is 0 Å². The fourth-order valence-electron chi connectivity index (χ4n) is 6.32. The highest BCUT2D eigenvalue weighted by atomic mass is 32.2. The molecule has 12 heteroatoms. The Bertz CT molecular complexity index is 1420. The van der Waals surface area contributed by atoms with Gasteiger partial charge in [0.25, 0.3) is 5.91 Å². The number of benzene rings is 1. The van der Waals surface area contributed by atoms with Crippen LogP contribution >= 0.6 is 0 Å². The molecule has 11 nitrogen and oxygen atoms in total. The standard InChI is InChI=1S/C29H40N6O5S/c1-20-19-35(14-16-40-20)27-26-21(5-11-33(26)2)17-24(31-27)28(37)32-23-4-3-22(41(38,39)30-10-15-36)18-25(23)34-12-8-29(6-7-29)9-13-34/h3-4,17-18,20,30,36H,5-16,19H2,1-2H3,(H,32,37)/t20-/m1/s1. The maximum Gasteiger partial charge on any atom is 0.274 e. The molecule has 1 atom stereocenters. The lowest BCUT2D eigenvalue weighted by molar-refractivity contribution is 0.0530. The van der Waals surface area contributed by atoms with Gasteiger partial charge < -0.3 is 29.9 Å². The second-order valence-electron chi connectivity index (χ2n) is 11.9. The number of sulfonamides is 1. The van der Waals surface area contributed by atoms with Gasteiger partial charge in [0.2, 0.25) is 10.0 Å². The molecule has 0 unspecified atom stereocenters. The number of ether oxygens (including phenoxy) is 1. The van der Waals surface area contributed by atoms with Gasteiger partial charge in [0.15, 0.2) is 5.82 Å². The molecule has 1 saturated carbocycles. The fraction of sp³-hybridized carbons (Fsp3) is 0.586. The van der Waals surface area contributed by atoms with Crippen molar-refractivity contribution < 1.29 is 23.1 Å². The first-order chi connectivity index (χ1) is 19.7. The Kier molecular flexibility index (Phi) is 7.60. The number of anilines is 4. The number of pyridine rings is 1. The average Bonchev–Trinajstić information content (AvgIpc) is 3.62. The average molecular weight is 585 g/mol. The summed E-state index contributed by atoms with van der Waals surface area (Å²) in [6.45, 7) is 6.20. The van der Waals surface area contributed by atoms with Crippen LogP contribution in [0.4, 0.5) is 22.9 Å². The first kappa shape index (κ1) is 28.2. The Morgan fingerprint density at radius 1 is 1.12 bits per heavy atom. The highest BCUT2D eigenvalue weighted by Crippen LogP contribution is 2.54. The van der Waals surface area contributed by atoms with Crippen molar-refractivity contribution in [3.8, 4) is 0 Å². The molecule has 1 spiro atoms. The molecule has 1 aromatic carbocycles. The van der Waals surface area contributed by atoms with Gasteiger partial charge in [-0.05, 0) is 74.3 Å². The van der Waals surface area contributed by atoms with Gasteiger partial charge in [0.1, 0.15) is 5.69 Å². The van der Waals surface area contributed by atoms with Gasteiger partial charge >= 0.3 is 0 Å². The number of morpholine rings is 1. The largest absolute Gasteiger partial charge is 0.395 e. The maximum atomic E-state index is 13.8. The zero-order valence-corrected chi connectivity index (χ0v) is 24.7. The molecular weight excluding hydrogens is 544 g/mol. The van der Waals surface area contributed by atoms with Gasteiger partial charge in [-0.25, -0.2) is 18.1 Å². The normalized spacial score (nSPS) is 21.7. The van der Waals surface area contributed by atoms with Gasteiger partial charge in [-0.3, -0.25) is 4.79 Å². The first-order valence-corrected chi connectivity index (χ1v) is 16.1. The van der Waals surface area contributed by atoms with Crippen molar-refractivity contribution in [1.82, 2.24) is 9.71 Å². The molecule has 3 aliphatic heterocycles. The van der Waals surface area contributed by atoms with Crippen molar-refractivity contribution in [2.75, 3.05) is 79.5 Å². The molecule has 1 aliphatic carbocycles. The van der Waals surface area contributed by atoms with E-state index in [0.29, 0.717) is 42.2 Å². The summed E-state index contributed by atoms with van der Waals surface area (Å²) in [5.74, 6) is 0.487. The number of fused-ring (bicyclic) bond motifs is 1. The molecular formula is C29H40N6O5S. The van der Waals surface area contributed by atoms with Crippen LogP contribution in [-0.4, -0.2) is 90.0 Å². The molecule has 3 fully saturated rings. The number of carbonyl (C=O) groups excluding carboxylic acids is 1. The third-order valence-electron chi connectivity index (χ3n) is 8.98. The van der Waals surface area contributed by atoms with Crippen molar-refractivity contribution in [3.05, 3.63) is 35.5 Å². The van der Waals surface area contributed by atoms with E-state index in [4.69, 9.17) is 14.8 Å². The van der Waals surface area contributed by atoms with Crippen molar-refractivity contribution in [3.63, 3.8) is 0 Å². The highest BCUT2D eigenvalue weighted by Gasteiger charge is 2.44. The number of aromatic nitrogens is 1. The van der Waals surface area contributed by atoms with E-state index >= 15 is 0 Å². The number of nitrogens with zero attached hydrogens (tertiary/aromatic N) is 4. The number of amides is 1. The summed E-state index contributed by atoms with van der Waals surface area (Å²) in [7, 11) is -1.75. The number of piperidine rings is 1. The Balaban J connectivity index is 1.31. The predicted octanol–water partition coefficient (Wildman–Crippen LogP) is 2.20. The molecule has 0 radical (unpaired) electrons. The van der Waals surface area contributed by atoms with Crippen molar-refractivity contribution >= 4 is 38.8 Å². The Labute approximate surface area is 241 Å². The third-order valence-corrected chi connectivity index (χ3v) is 10.4. The zero-order chi connectivity index (χ0) is 28.8. The summed E-state index contributed by atoms with van der Waals surface area (Å²) in [6, 6.07) is 6.67. The van der Waals surface area contributed by atoms with E-state index in [9.17, 15) is 13.2 Å². The van der Waals surface area contributed by atoms with E-state index in [-0.39, 0.29) is 30.1 Å². The van der Waals surface area contributed by atoms with Crippen LogP contribution in [0.1, 0.15) is 48.7 Å². The van der Waals surface area contributed by atoms with Gasteiger partial charge in [-0.2, -0.15) is 0 Å². The number of hydrogen-bond donors (Lipinski definition) is 3. The molecule has 2 aromatic rings. The van der Waals surface area contributed by atoms with Crippen molar-refractivity contribution in [2.24, 2.45) is 5.41 Å². The Morgan fingerprint density at radius 2 is 1.90 bits per heavy atom. The molecule has 1 aromatic heterocycles. The number of aliphatic hydroxyl groups is 1. The zero-order valence-electron chi connectivity index (χ0n) is 23.9. The number of aliphatic hydroxyl groups excluding tert-OH is 1. The van der Waals surface area contributed by atoms with E-state index in [1.54, 1.807) is 12.1 Å². The lowest BCUT2D eigenvalue weighted by Crippen LogP contribution is -2.42. The third kappa shape index (κ3) is 5.75. The van der Waals surface area contributed by atoms with Gasteiger partial charge in [-0.1, -0.05) is 0 Å². The summed E-state index contributed by atoms with van der Waals surface area (Å²) < 4.78 is 33.9. The summed E-state index contributed by atoms with van der Waals surface area (Å²) in [4.78, 5) is 25.3. The van der Waals surface area contributed by atoms with E-state index in [2.05, 4.69) is 31.8 Å². The van der Waals surface area contributed by atoms with Crippen LogP contribution in [-0.2, 0) is 21.2 Å². The molecule has 4 heterocycles. The number of nitrogens with one attached hydrogen (secondary N) is 2. The molecule has 4 aliphatic rings. The molecule has 2 saturated heterocycles. The smallest absolute Gasteiger partial charge is 0.274 e. The van der Waals surface area contributed by atoms with E-state index in [1.807, 2.05) is 13.0 Å². The second-order valence-corrected chi connectivity index (χ2v) is 13.6. The quantitative estimate of drug-likeness (QED) is 0.428. The molecule has 3 N–H and O–H groups in total.